The van der Waals surface area contributed by atoms with Crippen molar-refractivity contribution in [1.82, 2.24) is 9.97 Å². The number of methoxy groups -OCH3 is 1. The number of nitrogens with one attached hydrogen (secondary N) is 1. The van der Waals surface area contributed by atoms with E-state index in [1.807, 2.05) is 0 Å². The molecule has 3 N–H and O–H groups in total. The molecule has 0 aliphatic heterocycles. The van der Waals surface area contributed by atoms with Crippen LogP contribution in [0.15, 0.2) is 35.5 Å². The molecule has 0 atom stereocenters. The van der Waals surface area contributed by atoms with Crippen LogP contribution in [0.5, 0.6) is 5.75 Å². The number of anilines is 3. The number of hydrogen-bond acceptors (Lipinski definition) is 7. The van der Waals surface area contributed by atoms with Gasteiger partial charge in [-0.25, -0.2) is 18.4 Å². The van der Waals surface area contributed by atoms with Crippen molar-refractivity contribution in [3.8, 4) is 5.75 Å². The van der Waals surface area contributed by atoms with Gasteiger partial charge in [0.1, 0.15) is 6.33 Å². The monoisotopic (exact) mass is 294 g/mol. The summed E-state index contributed by atoms with van der Waals surface area (Å²) in [5.74, 6) is 0.963. The maximum atomic E-state index is 11.4. The fourth-order valence-electron chi connectivity index (χ4n) is 1.60. The summed E-state index contributed by atoms with van der Waals surface area (Å²) < 4.78 is 27.9. The molecule has 0 amide bonds. The van der Waals surface area contributed by atoms with Crippen LogP contribution in [-0.4, -0.2) is 31.8 Å². The molecule has 0 bridgehead atoms. The van der Waals surface area contributed by atoms with Gasteiger partial charge >= 0.3 is 0 Å². The van der Waals surface area contributed by atoms with E-state index in [4.69, 9.17) is 10.5 Å². The number of ether oxygens (including phenoxy) is 1. The normalized spacial score (nSPS) is 11.1. The van der Waals surface area contributed by atoms with Crippen molar-refractivity contribution >= 4 is 27.2 Å². The van der Waals surface area contributed by atoms with Crippen LogP contribution in [0.25, 0.3) is 0 Å². The first-order valence-electron chi connectivity index (χ1n) is 5.63. The Balaban J connectivity index is 2.29. The van der Waals surface area contributed by atoms with Crippen molar-refractivity contribution < 1.29 is 13.2 Å². The number of aromatic nitrogens is 2. The van der Waals surface area contributed by atoms with Crippen molar-refractivity contribution in [2.75, 3.05) is 24.4 Å². The van der Waals surface area contributed by atoms with Gasteiger partial charge in [0.25, 0.3) is 0 Å². The molecule has 0 unspecified atom stereocenters. The summed E-state index contributed by atoms with van der Waals surface area (Å²) >= 11 is 0. The van der Waals surface area contributed by atoms with Gasteiger partial charge in [0.05, 0.1) is 12.0 Å². The summed E-state index contributed by atoms with van der Waals surface area (Å²) in [6, 6.07) is 6.28. The minimum absolute atomic E-state index is 0.220. The molecule has 0 saturated heterocycles. The molecule has 7 nitrogen and oxygen atoms in total. The lowest BCUT2D eigenvalue weighted by Crippen LogP contribution is -2.03. The third-order valence-corrected chi connectivity index (χ3v) is 3.71. The van der Waals surface area contributed by atoms with E-state index >= 15 is 0 Å². The van der Waals surface area contributed by atoms with Crippen LogP contribution in [-0.2, 0) is 9.84 Å². The van der Waals surface area contributed by atoms with Gasteiger partial charge in [0.15, 0.2) is 21.5 Å². The van der Waals surface area contributed by atoms with Crippen molar-refractivity contribution in [2.45, 2.75) is 4.90 Å². The first-order valence-corrected chi connectivity index (χ1v) is 7.52. The van der Waals surface area contributed by atoms with Gasteiger partial charge in [0, 0.05) is 11.9 Å². The first-order chi connectivity index (χ1) is 9.41. The summed E-state index contributed by atoms with van der Waals surface area (Å²) in [4.78, 5) is 8.10. The second-order valence-electron chi connectivity index (χ2n) is 4.06. The number of nitrogen functional groups attached to an aromatic ring is 1. The average Bonchev–Trinajstić information content (AvgIpc) is 2.38. The second kappa shape index (κ2) is 5.33. The van der Waals surface area contributed by atoms with Crippen LogP contribution >= 0.6 is 0 Å². The number of nitrogens with zero attached hydrogens (tertiary/aromatic N) is 2. The Labute approximate surface area is 116 Å². The third kappa shape index (κ3) is 2.97. The predicted molar refractivity (Wildman–Crippen MR) is 75.8 cm³/mol. The highest BCUT2D eigenvalue weighted by atomic mass is 32.2. The maximum Gasteiger partial charge on any atom is 0.204 e. The summed E-state index contributed by atoms with van der Waals surface area (Å²) in [7, 11) is -1.74. The van der Waals surface area contributed by atoms with Crippen molar-refractivity contribution in [2.24, 2.45) is 0 Å². The summed E-state index contributed by atoms with van der Waals surface area (Å²) in [6.07, 6.45) is 2.47. The van der Waals surface area contributed by atoms with E-state index in [2.05, 4.69) is 15.3 Å². The molecule has 1 heterocycles. The summed E-state index contributed by atoms with van der Waals surface area (Å²) in [5, 5.41) is 2.99. The predicted octanol–water partition coefficient (Wildman–Crippen LogP) is 1.21. The van der Waals surface area contributed by atoms with Crippen molar-refractivity contribution in [1.29, 1.82) is 0 Å². The lowest BCUT2D eigenvalue weighted by Gasteiger charge is -2.11. The summed E-state index contributed by atoms with van der Waals surface area (Å²) in [6.45, 7) is 0. The van der Waals surface area contributed by atoms with E-state index in [-0.39, 0.29) is 10.7 Å². The Morgan fingerprint density at radius 1 is 1.20 bits per heavy atom. The minimum atomic E-state index is -3.21. The van der Waals surface area contributed by atoms with Crippen LogP contribution in [0.1, 0.15) is 0 Å². The van der Waals surface area contributed by atoms with Gasteiger partial charge in [0.2, 0.25) is 5.75 Å². The highest BCUT2D eigenvalue weighted by Crippen LogP contribution is 2.29. The number of nitrogens with two attached hydrogens (primary N) is 1. The lowest BCUT2D eigenvalue weighted by molar-refractivity contribution is 0.415. The Kier molecular flexibility index (Phi) is 3.75. The molecular weight excluding hydrogens is 280 g/mol. The van der Waals surface area contributed by atoms with E-state index in [1.165, 1.54) is 25.6 Å². The SMILES string of the molecule is COc1c(N)ncnc1Nc1ccc(S(C)(=O)=O)cc1. The molecule has 0 radical (unpaired) electrons. The van der Waals surface area contributed by atoms with Gasteiger partial charge < -0.3 is 15.8 Å². The van der Waals surface area contributed by atoms with Crippen LogP contribution in [0.4, 0.5) is 17.3 Å². The van der Waals surface area contributed by atoms with Crippen LogP contribution < -0.4 is 15.8 Å². The quantitative estimate of drug-likeness (QED) is 0.872. The van der Waals surface area contributed by atoms with Crippen molar-refractivity contribution in [3.05, 3.63) is 30.6 Å². The molecule has 0 aliphatic carbocycles. The molecule has 0 fully saturated rings. The topological polar surface area (TPSA) is 107 Å². The van der Waals surface area contributed by atoms with Crippen LogP contribution in [0.2, 0.25) is 0 Å². The van der Waals surface area contributed by atoms with E-state index in [1.54, 1.807) is 12.1 Å². The third-order valence-electron chi connectivity index (χ3n) is 2.58. The van der Waals surface area contributed by atoms with E-state index < -0.39 is 9.84 Å². The van der Waals surface area contributed by atoms with Crippen molar-refractivity contribution in [3.63, 3.8) is 0 Å². The van der Waals surface area contributed by atoms with Crippen LogP contribution in [0, 0.1) is 0 Å². The van der Waals surface area contributed by atoms with Gasteiger partial charge in [-0.1, -0.05) is 0 Å². The van der Waals surface area contributed by atoms with Gasteiger partial charge in [-0.3, -0.25) is 0 Å². The molecule has 0 saturated carbocycles. The summed E-state index contributed by atoms with van der Waals surface area (Å²) in [5.41, 5.74) is 6.33. The molecule has 1 aromatic heterocycles. The molecule has 106 valence electrons. The average molecular weight is 294 g/mol. The fraction of sp³-hybridized carbons (Fsp3) is 0.167. The molecule has 8 heteroatoms. The van der Waals surface area contributed by atoms with E-state index in [0.717, 1.165) is 6.26 Å². The fourth-order valence-corrected chi connectivity index (χ4v) is 2.23. The Bertz CT molecular complexity index is 714. The van der Waals surface area contributed by atoms with Gasteiger partial charge in [-0.2, -0.15) is 0 Å². The van der Waals surface area contributed by atoms with E-state index in [9.17, 15) is 8.42 Å². The number of benzene rings is 1. The highest BCUT2D eigenvalue weighted by molar-refractivity contribution is 7.90. The molecule has 0 spiro atoms. The molecule has 1 aromatic carbocycles. The van der Waals surface area contributed by atoms with E-state index in [0.29, 0.717) is 17.3 Å². The zero-order valence-corrected chi connectivity index (χ0v) is 11.8. The number of rotatable bonds is 4. The Morgan fingerprint density at radius 3 is 2.40 bits per heavy atom. The molecule has 0 aliphatic rings. The van der Waals surface area contributed by atoms with Crippen LogP contribution in [0.3, 0.4) is 0 Å². The molecule has 2 rings (SSSR count). The zero-order valence-electron chi connectivity index (χ0n) is 11.0. The smallest absolute Gasteiger partial charge is 0.204 e. The lowest BCUT2D eigenvalue weighted by atomic mass is 10.3. The first kappa shape index (κ1) is 14.1. The molecule has 2 aromatic rings. The zero-order chi connectivity index (χ0) is 14.8. The molecular formula is C12H14N4O3S. The Hall–Kier alpha value is -2.35. The maximum absolute atomic E-state index is 11.4. The second-order valence-corrected chi connectivity index (χ2v) is 6.08. The number of sulfone groups is 1. The Morgan fingerprint density at radius 2 is 1.85 bits per heavy atom. The minimum Gasteiger partial charge on any atom is -0.490 e. The highest BCUT2D eigenvalue weighted by Gasteiger charge is 2.10. The van der Waals surface area contributed by atoms with Gasteiger partial charge in [-0.15, -0.1) is 0 Å². The largest absolute Gasteiger partial charge is 0.490 e. The number of hydrogen-bond donors (Lipinski definition) is 2. The van der Waals surface area contributed by atoms with Gasteiger partial charge in [-0.05, 0) is 24.3 Å². The standard InChI is InChI=1S/C12H14N4O3S/c1-19-10-11(13)14-7-15-12(10)16-8-3-5-9(6-4-8)20(2,17)18/h3-7H,1-2H3,(H3,13,14,15,16). The molecule has 20 heavy (non-hydrogen) atoms.